The summed E-state index contributed by atoms with van der Waals surface area (Å²) in [6.07, 6.45) is 3.58. The first-order valence-corrected chi connectivity index (χ1v) is 13.3. The van der Waals surface area contributed by atoms with Crippen molar-refractivity contribution >= 4 is 33.1 Å². The van der Waals surface area contributed by atoms with E-state index in [2.05, 4.69) is 24.1 Å². The molecule has 2 bridgehead atoms. The number of aromatic nitrogens is 1. The van der Waals surface area contributed by atoms with Crippen LogP contribution in [0.15, 0.2) is 5.38 Å². The number of thiazole rings is 1. The molecular weight excluding hydrogens is 422 g/mol. The number of hydrogen-bond donors (Lipinski definition) is 1. The van der Waals surface area contributed by atoms with Crippen LogP contribution >= 0.6 is 11.3 Å². The number of rotatable bonds is 10. The van der Waals surface area contributed by atoms with E-state index in [1.165, 1.54) is 15.6 Å². The largest absolute Gasteiger partial charge is 0.351 e. The van der Waals surface area contributed by atoms with Crippen molar-refractivity contribution < 1.29 is 18.0 Å². The van der Waals surface area contributed by atoms with Gasteiger partial charge in [0.15, 0.2) is 0 Å². The third-order valence-electron chi connectivity index (χ3n) is 7.07. The van der Waals surface area contributed by atoms with Crippen LogP contribution in [0.4, 0.5) is 0 Å². The molecule has 2 aliphatic carbocycles. The zero-order valence-corrected chi connectivity index (χ0v) is 20.0. The van der Waals surface area contributed by atoms with Gasteiger partial charge in [-0.3, -0.25) is 9.59 Å². The molecule has 0 aliphatic heterocycles. The van der Waals surface area contributed by atoms with Gasteiger partial charge in [0, 0.05) is 30.3 Å². The number of fused-ring (bicyclic) bond motifs is 2. The summed E-state index contributed by atoms with van der Waals surface area (Å²) in [6, 6.07) is 0. The molecule has 1 heterocycles. The Labute approximate surface area is 183 Å². The Kier molecular flexibility index (Phi) is 6.74. The maximum absolute atomic E-state index is 13.5. The van der Waals surface area contributed by atoms with E-state index in [1.54, 1.807) is 5.38 Å². The molecule has 168 valence electrons. The number of hydrogen-bond acceptors (Lipinski definition) is 6. The molecule has 2 saturated carbocycles. The molecule has 2 unspecified atom stereocenters. The predicted molar refractivity (Wildman–Crippen MR) is 118 cm³/mol. The number of nitrogens with zero attached hydrogens (tertiary/aromatic N) is 2. The van der Waals surface area contributed by atoms with E-state index in [-0.39, 0.29) is 35.3 Å². The van der Waals surface area contributed by atoms with Crippen molar-refractivity contribution in [3.8, 4) is 0 Å². The van der Waals surface area contributed by atoms with E-state index < -0.39 is 15.4 Å². The van der Waals surface area contributed by atoms with Gasteiger partial charge >= 0.3 is 0 Å². The molecular formula is C21H33N3O4S2. The van der Waals surface area contributed by atoms with Crippen LogP contribution in [0.1, 0.15) is 75.3 Å². The molecule has 2 aliphatic rings. The van der Waals surface area contributed by atoms with Crippen molar-refractivity contribution in [2.45, 2.75) is 66.3 Å². The van der Waals surface area contributed by atoms with Crippen molar-refractivity contribution in [1.82, 2.24) is 14.6 Å². The van der Waals surface area contributed by atoms with E-state index in [0.717, 1.165) is 12.8 Å². The Morgan fingerprint density at radius 3 is 2.63 bits per heavy atom. The van der Waals surface area contributed by atoms with E-state index in [1.807, 2.05) is 13.8 Å². The summed E-state index contributed by atoms with van der Waals surface area (Å²) in [5.41, 5.74) is -0.751. The van der Waals surface area contributed by atoms with Crippen LogP contribution in [-0.4, -0.2) is 48.2 Å². The van der Waals surface area contributed by atoms with Crippen molar-refractivity contribution in [3.05, 3.63) is 16.1 Å². The van der Waals surface area contributed by atoms with Crippen molar-refractivity contribution in [2.24, 2.45) is 16.7 Å². The minimum Gasteiger partial charge on any atom is -0.351 e. The summed E-state index contributed by atoms with van der Waals surface area (Å²) in [4.78, 5) is 29.3. The van der Waals surface area contributed by atoms with Gasteiger partial charge in [0.1, 0.15) is 16.5 Å². The quantitative estimate of drug-likeness (QED) is 0.584. The topological polar surface area (TPSA) is 96.4 Å². The van der Waals surface area contributed by atoms with Gasteiger partial charge in [0.2, 0.25) is 10.0 Å². The number of Topliss-reactive ketones (excluding diaryl/α,β-unsaturated/α-hetero) is 1. The molecule has 1 aromatic heterocycles. The van der Waals surface area contributed by atoms with Gasteiger partial charge in [-0.15, -0.1) is 11.3 Å². The Morgan fingerprint density at radius 1 is 1.33 bits per heavy atom. The van der Waals surface area contributed by atoms with Crippen molar-refractivity contribution in [2.75, 3.05) is 18.8 Å². The standard InChI is InChI=1S/C21H33N3O4S2/c1-5-9-22-19(26)16-13-29-18(23-16)12-24(10-6-2)30(27,28)14-21-8-7-15(11-17(21)25)20(21,3)4/h13,15H,5-12,14H2,1-4H3,(H,22,26). The molecule has 0 spiro atoms. The average molecular weight is 456 g/mol. The molecule has 1 N–H and O–H groups in total. The third-order valence-corrected chi connectivity index (χ3v) is 9.86. The van der Waals surface area contributed by atoms with Gasteiger partial charge in [-0.25, -0.2) is 13.4 Å². The van der Waals surface area contributed by atoms with Crippen LogP contribution < -0.4 is 5.32 Å². The van der Waals surface area contributed by atoms with Gasteiger partial charge < -0.3 is 5.32 Å². The monoisotopic (exact) mass is 455 g/mol. The molecule has 3 rings (SSSR count). The zero-order chi connectivity index (χ0) is 22.2. The minimum absolute atomic E-state index is 0.105. The minimum atomic E-state index is -3.66. The number of nitrogens with one attached hydrogen (secondary N) is 1. The van der Waals surface area contributed by atoms with Crippen molar-refractivity contribution in [3.63, 3.8) is 0 Å². The Balaban J connectivity index is 1.78. The molecule has 0 radical (unpaired) electrons. The molecule has 9 heteroatoms. The van der Waals surface area contributed by atoms with E-state index in [0.29, 0.717) is 43.1 Å². The number of sulfonamides is 1. The fourth-order valence-electron chi connectivity index (χ4n) is 5.04. The van der Waals surface area contributed by atoms with Gasteiger partial charge in [-0.1, -0.05) is 27.7 Å². The maximum atomic E-state index is 13.5. The normalized spacial score (nSPS) is 25.2. The number of amides is 1. The molecule has 1 aromatic rings. The fraction of sp³-hybridized carbons (Fsp3) is 0.762. The first-order valence-electron chi connectivity index (χ1n) is 10.8. The summed E-state index contributed by atoms with van der Waals surface area (Å²) in [5.74, 6) is 0.0201. The number of ketones is 1. The van der Waals surface area contributed by atoms with E-state index >= 15 is 0 Å². The van der Waals surface area contributed by atoms with E-state index in [9.17, 15) is 18.0 Å². The van der Waals surface area contributed by atoms with Crippen LogP contribution in [0.25, 0.3) is 0 Å². The lowest BCUT2D eigenvalue weighted by atomic mass is 9.70. The SMILES string of the molecule is CCCNC(=O)c1csc(CN(CCC)S(=O)(=O)CC23CCC(CC2=O)C3(C)C)n1. The lowest BCUT2D eigenvalue weighted by Gasteiger charge is -2.37. The molecule has 30 heavy (non-hydrogen) atoms. The summed E-state index contributed by atoms with van der Waals surface area (Å²) in [6.45, 7) is 9.10. The molecule has 2 atom stereocenters. The molecule has 0 saturated heterocycles. The second-order valence-electron chi connectivity index (χ2n) is 9.14. The lowest BCUT2D eigenvalue weighted by Crippen LogP contribution is -2.46. The predicted octanol–water partition coefficient (Wildman–Crippen LogP) is 3.22. The molecule has 7 nitrogen and oxygen atoms in total. The highest BCUT2D eigenvalue weighted by Gasteiger charge is 2.65. The lowest BCUT2D eigenvalue weighted by molar-refractivity contribution is -0.128. The first-order chi connectivity index (χ1) is 14.1. The fourth-order valence-corrected chi connectivity index (χ4v) is 8.18. The van der Waals surface area contributed by atoms with Crippen molar-refractivity contribution in [1.29, 1.82) is 0 Å². The van der Waals surface area contributed by atoms with Gasteiger partial charge in [-0.05, 0) is 37.0 Å². The molecule has 0 aromatic carbocycles. The Morgan fingerprint density at radius 2 is 2.07 bits per heavy atom. The Hall–Kier alpha value is -1.32. The first kappa shape index (κ1) is 23.3. The highest BCUT2D eigenvalue weighted by Crippen LogP contribution is 2.64. The van der Waals surface area contributed by atoms with Gasteiger partial charge in [0.05, 0.1) is 12.3 Å². The maximum Gasteiger partial charge on any atom is 0.270 e. The van der Waals surface area contributed by atoms with Crippen LogP contribution in [0, 0.1) is 16.7 Å². The van der Waals surface area contributed by atoms with Crippen LogP contribution in [0.3, 0.4) is 0 Å². The average Bonchev–Trinajstić information content (AvgIpc) is 3.29. The smallest absolute Gasteiger partial charge is 0.270 e. The highest BCUT2D eigenvalue weighted by molar-refractivity contribution is 7.89. The third kappa shape index (κ3) is 4.08. The molecule has 1 amide bonds. The number of carbonyl (C=O) groups excluding carboxylic acids is 2. The molecule has 2 fully saturated rings. The van der Waals surface area contributed by atoms with Crippen LogP contribution in [-0.2, 0) is 21.4 Å². The summed E-state index contributed by atoms with van der Waals surface area (Å²) in [5, 5.41) is 5.04. The van der Waals surface area contributed by atoms with Crippen LogP contribution in [0.5, 0.6) is 0 Å². The highest BCUT2D eigenvalue weighted by atomic mass is 32.2. The number of carbonyl (C=O) groups is 2. The van der Waals surface area contributed by atoms with Crippen LogP contribution in [0.2, 0.25) is 0 Å². The second kappa shape index (κ2) is 8.67. The zero-order valence-electron chi connectivity index (χ0n) is 18.4. The van der Waals surface area contributed by atoms with E-state index in [4.69, 9.17) is 0 Å². The Bertz CT molecular complexity index is 909. The van der Waals surface area contributed by atoms with Gasteiger partial charge in [-0.2, -0.15) is 4.31 Å². The van der Waals surface area contributed by atoms with Gasteiger partial charge in [0.25, 0.3) is 5.91 Å². The second-order valence-corrected chi connectivity index (χ2v) is 12.1. The summed E-state index contributed by atoms with van der Waals surface area (Å²) in [7, 11) is -3.66. The summed E-state index contributed by atoms with van der Waals surface area (Å²) < 4.78 is 28.3. The summed E-state index contributed by atoms with van der Waals surface area (Å²) >= 11 is 1.29.